The number of carbonyl (C=O) groups excluding carboxylic acids is 3. The third-order valence-electron chi connectivity index (χ3n) is 3.45. The number of nitrogens with one attached hydrogen (secondary N) is 1. The van der Waals surface area contributed by atoms with E-state index in [2.05, 4.69) is 10.4 Å². The van der Waals surface area contributed by atoms with Gasteiger partial charge in [0.25, 0.3) is 5.91 Å². The number of amides is 1. The van der Waals surface area contributed by atoms with E-state index in [4.69, 9.17) is 9.47 Å². The molecule has 0 atom stereocenters. The molecule has 0 aliphatic heterocycles. The number of nitrogens with zero attached hydrogens (tertiary/aromatic N) is 3. The van der Waals surface area contributed by atoms with E-state index in [1.807, 2.05) is 0 Å². The predicted octanol–water partition coefficient (Wildman–Crippen LogP) is 1.91. The predicted molar refractivity (Wildman–Crippen MR) is 94.2 cm³/mol. The first-order chi connectivity index (χ1) is 12.7. The maximum atomic E-state index is 12.5. The minimum atomic E-state index is -0.899. The van der Waals surface area contributed by atoms with Gasteiger partial charge < -0.3 is 14.8 Å². The Morgan fingerprint density at radius 3 is 2.59 bits per heavy atom. The second-order valence-corrected chi connectivity index (χ2v) is 6.24. The highest BCUT2D eigenvalue weighted by atomic mass is 32.1. The second kappa shape index (κ2) is 7.95. The molecule has 0 aliphatic carbocycles. The van der Waals surface area contributed by atoms with Crippen molar-refractivity contribution >= 4 is 39.9 Å². The van der Waals surface area contributed by atoms with E-state index in [0.717, 1.165) is 29.3 Å². The number of carbonyl (C=O) groups is 3. The zero-order valence-electron chi connectivity index (χ0n) is 14.9. The zero-order chi connectivity index (χ0) is 20.3. The van der Waals surface area contributed by atoms with Crippen LogP contribution in [0.1, 0.15) is 43.0 Å². The van der Waals surface area contributed by atoms with E-state index in [-0.39, 0.29) is 27.6 Å². The smallest absolute Gasteiger partial charge is 0.348 e. The van der Waals surface area contributed by atoms with Crippen LogP contribution in [0.15, 0.2) is 6.20 Å². The third-order valence-corrected chi connectivity index (χ3v) is 4.63. The molecule has 0 fully saturated rings. The highest BCUT2D eigenvalue weighted by Gasteiger charge is 2.30. The molecule has 2 rings (SSSR count). The summed E-state index contributed by atoms with van der Waals surface area (Å²) < 4.78 is 10.8. The summed E-state index contributed by atoms with van der Waals surface area (Å²) in [5.74, 6) is -2.33. The second-order valence-electron chi connectivity index (χ2n) is 5.22. The summed E-state index contributed by atoms with van der Waals surface area (Å²) in [6.07, 6.45) is 1.08. The Labute approximate surface area is 157 Å². The lowest BCUT2D eigenvalue weighted by atomic mass is 10.1. The van der Waals surface area contributed by atoms with E-state index in [1.165, 1.54) is 14.0 Å². The lowest BCUT2D eigenvalue weighted by Gasteiger charge is -2.04. The van der Waals surface area contributed by atoms with Crippen molar-refractivity contribution in [2.24, 2.45) is 7.05 Å². The molecule has 0 spiro atoms. The first-order valence-corrected chi connectivity index (χ1v) is 8.41. The molecule has 0 bridgehead atoms. The summed E-state index contributed by atoms with van der Waals surface area (Å²) in [7, 11) is 2.58. The van der Waals surface area contributed by atoms with E-state index in [0.29, 0.717) is 0 Å². The number of esters is 2. The van der Waals surface area contributed by atoms with Crippen molar-refractivity contribution < 1.29 is 28.8 Å². The van der Waals surface area contributed by atoms with Gasteiger partial charge >= 0.3 is 17.6 Å². The largest absolute Gasteiger partial charge is 0.465 e. The number of ether oxygens (including phenoxy) is 2. The Hall–Kier alpha value is -3.28. The van der Waals surface area contributed by atoms with Gasteiger partial charge in [-0.2, -0.15) is 5.10 Å². The summed E-state index contributed by atoms with van der Waals surface area (Å²) in [5.41, 5.74) is -0.677. The zero-order valence-corrected chi connectivity index (χ0v) is 15.7. The van der Waals surface area contributed by atoms with Crippen LogP contribution in [0.4, 0.5) is 10.7 Å². The minimum Gasteiger partial charge on any atom is -0.465 e. The van der Waals surface area contributed by atoms with Gasteiger partial charge in [0.15, 0.2) is 0 Å². The van der Waals surface area contributed by atoms with Crippen LogP contribution in [-0.2, 0) is 16.5 Å². The summed E-state index contributed by atoms with van der Waals surface area (Å²) in [6.45, 7) is 3.27. The molecule has 0 aliphatic rings. The molecule has 11 nitrogen and oxygen atoms in total. The molecule has 2 aromatic heterocycles. The quantitative estimate of drug-likeness (QED) is 0.443. The van der Waals surface area contributed by atoms with Crippen molar-refractivity contribution in [3.63, 3.8) is 0 Å². The van der Waals surface area contributed by atoms with Crippen LogP contribution in [0, 0.1) is 17.0 Å². The van der Waals surface area contributed by atoms with Crippen LogP contribution in [0.2, 0.25) is 0 Å². The van der Waals surface area contributed by atoms with Crippen molar-refractivity contribution in [1.29, 1.82) is 0 Å². The Bertz CT molecular complexity index is 931. The van der Waals surface area contributed by atoms with Gasteiger partial charge in [-0.3, -0.25) is 19.6 Å². The number of aryl methyl sites for hydroxylation is 1. The molecule has 0 unspecified atom stereocenters. The number of hydrogen-bond acceptors (Lipinski definition) is 9. The molecule has 1 N–H and O–H groups in total. The third kappa shape index (κ3) is 3.95. The van der Waals surface area contributed by atoms with Gasteiger partial charge in [0.1, 0.15) is 16.1 Å². The fourth-order valence-corrected chi connectivity index (χ4v) is 3.36. The number of methoxy groups -OCH3 is 1. The van der Waals surface area contributed by atoms with E-state index in [1.54, 1.807) is 6.92 Å². The van der Waals surface area contributed by atoms with Crippen molar-refractivity contribution in [2.75, 3.05) is 19.0 Å². The topological polar surface area (TPSA) is 143 Å². The molecule has 0 aromatic carbocycles. The fraction of sp³-hybridized carbons (Fsp3) is 0.333. The number of nitro groups is 1. The number of hydrogen-bond donors (Lipinski definition) is 1. The first-order valence-electron chi connectivity index (χ1n) is 7.59. The van der Waals surface area contributed by atoms with Crippen LogP contribution in [0.25, 0.3) is 0 Å². The molecule has 12 heteroatoms. The average Bonchev–Trinajstić information content (AvgIpc) is 3.15. The summed E-state index contributed by atoms with van der Waals surface area (Å²) in [4.78, 5) is 47.1. The monoisotopic (exact) mass is 396 g/mol. The van der Waals surface area contributed by atoms with Crippen molar-refractivity contribution in [2.45, 2.75) is 13.8 Å². The molecular weight excluding hydrogens is 380 g/mol. The maximum Gasteiger partial charge on any atom is 0.348 e. The van der Waals surface area contributed by atoms with E-state index >= 15 is 0 Å². The van der Waals surface area contributed by atoms with Gasteiger partial charge in [0.2, 0.25) is 5.69 Å². The molecule has 144 valence electrons. The van der Waals surface area contributed by atoms with E-state index in [9.17, 15) is 24.5 Å². The number of thiophene rings is 1. The SMILES string of the molecule is CCOC(=O)c1sc(NC(=O)c2nn(C)cc2[N+](=O)[O-])c(C(=O)OC)c1C. The lowest BCUT2D eigenvalue weighted by molar-refractivity contribution is -0.385. The van der Waals surface area contributed by atoms with Gasteiger partial charge in [-0.05, 0) is 19.4 Å². The van der Waals surface area contributed by atoms with Crippen LogP contribution in [0.3, 0.4) is 0 Å². The summed E-state index contributed by atoms with van der Waals surface area (Å²) >= 11 is 0.810. The number of anilines is 1. The normalized spacial score (nSPS) is 10.4. The van der Waals surface area contributed by atoms with Crippen LogP contribution in [0.5, 0.6) is 0 Å². The molecule has 0 radical (unpaired) electrons. The van der Waals surface area contributed by atoms with Gasteiger partial charge in [0, 0.05) is 7.05 Å². The molecule has 0 saturated carbocycles. The van der Waals surface area contributed by atoms with E-state index < -0.39 is 34.2 Å². The first kappa shape index (κ1) is 20.0. The maximum absolute atomic E-state index is 12.5. The Balaban J connectivity index is 2.47. The molecule has 27 heavy (non-hydrogen) atoms. The minimum absolute atomic E-state index is 0.00681. The van der Waals surface area contributed by atoms with Crippen molar-refractivity contribution in [3.8, 4) is 0 Å². The standard InChI is InChI=1S/C15H16N4O7S/c1-5-26-15(22)11-7(2)9(14(21)25-4)13(27-11)16-12(20)10-8(19(23)24)6-18(3)17-10/h6H,5H2,1-4H3,(H,16,20). The highest BCUT2D eigenvalue weighted by Crippen LogP contribution is 2.34. The van der Waals surface area contributed by atoms with Gasteiger partial charge in [-0.15, -0.1) is 11.3 Å². The Morgan fingerprint density at radius 1 is 1.37 bits per heavy atom. The Kier molecular flexibility index (Phi) is 5.90. The van der Waals surface area contributed by atoms with Crippen LogP contribution in [-0.4, -0.2) is 46.3 Å². The van der Waals surface area contributed by atoms with Crippen LogP contribution < -0.4 is 5.32 Å². The van der Waals surface area contributed by atoms with Gasteiger partial charge in [-0.25, -0.2) is 9.59 Å². The van der Waals surface area contributed by atoms with Gasteiger partial charge in [0.05, 0.1) is 24.2 Å². The molecule has 2 aromatic rings. The molecule has 2 heterocycles. The Morgan fingerprint density at radius 2 is 2.04 bits per heavy atom. The summed E-state index contributed by atoms with van der Waals surface area (Å²) in [5, 5.41) is 17.3. The van der Waals surface area contributed by atoms with Crippen molar-refractivity contribution in [3.05, 3.63) is 38.0 Å². The fourth-order valence-electron chi connectivity index (χ4n) is 2.27. The summed E-state index contributed by atoms with van der Waals surface area (Å²) in [6, 6.07) is 0. The molecule has 1 amide bonds. The molecular formula is C15H16N4O7S. The number of aromatic nitrogens is 2. The average molecular weight is 396 g/mol. The number of rotatable bonds is 6. The van der Waals surface area contributed by atoms with Crippen LogP contribution >= 0.6 is 11.3 Å². The van der Waals surface area contributed by atoms with Crippen molar-refractivity contribution in [1.82, 2.24) is 9.78 Å². The lowest BCUT2D eigenvalue weighted by Crippen LogP contribution is -2.16. The molecule has 0 saturated heterocycles. The van der Waals surface area contributed by atoms with Gasteiger partial charge in [-0.1, -0.05) is 0 Å². The highest BCUT2D eigenvalue weighted by molar-refractivity contribution is 7.18.